The van der Waals surface area contributed by atoms with Crippen molar-refractivity contribution >= 4 is 61.6 Å². The van der Waals surface area contributed by atoms with E-state index >= 15 is 0 Å². The lowest BCUT2D eigenvalue weighted by atomic mass is 10.2. The summed E-state index contributed by atoms with van der Waals surface area (Å²) in [7, 11) is 0. The largest absolute Gasteiger partial charge is 0.268 e. The van der Waals surface area contributed by atoms with Crippen molar-refractivity contribution in [2.45, 2.75) is 0 Å². The van der Waals surface area contributed by atoms with Gasteiger partial charge in [-0.3, -0.25) is 9.36 Å². The highest BCUT2D eigenvalue weighted by molar-refractivity contribution is 14.1. The third kappa shape index (κ3) is 3.93. The van der Waals surface area contributed by atoms with Crippen LogP contribution < -0.4 is 5.56 Å². The van der Waals surface area contributed by atoms with Gasteiger partial charge in [-0.25, -0.2) is 9.37 Å². The molecule has 0 atom stereocenters. The average Bonchev–Trinajstić information content (AvgIpc) is 2.69. The molecule has 0 fully saturated rings. The second-order valence-corrected chi connectivity index (χ2v) is 8.29. The topological polar surface area (TPSA) is 34.9 Å². The van der Waals surface area contributed by atoms with E-state index < -0.39 is 0 Å². The molecule has 0 bridgehead atoms. The van der Waals surface area contributed by atoms with E-state index in [1.807, 2.05) is 48.5 Å². The molecular weight excluding hydrogens is 534 g/mol. The monoisotopic (exact) mass is 546 g/mol. The Labute approximate surface area is 182 Å². The van der Waals surface area contributed by atoms with Crippen LogP contribution in [-0.2, 0) is 0 Å². The van der Waals surface area contributed by atoms with Crippen molar-refractivity contribution in [3.05, 3.63) is 102 Å². The van der Waals surface area contributed by atoms with Crippen LogP contribution in [-0.4, -0.2) is 9.55 Å². The summed E-state index contributed by atoms with van der Waals surface area (Å²) < 4.78 is 16.6. The average molecular weight is 547 g/mol. The van der Waals surface area contributed by atoms with E-state index in [1.165, 1.54) is 12.1 Å². The number of aromatic nitrogens is 2. The maximum atomic E-state index is 13.3. The number of hydrogen-bond donors (Lipinski definition) is 0. The van der Waals surface area contributed by atoms with Crippen LogP contribution in [0.2, 0.25) is 0 Å². The molecule has 0 unspecified atom stereocenters. The molecule has 1 aromatic heterocycles. The van der Waals surface area contributed by atoms with E-state index in [-0.39, 0.29) is 11.4 Å². The second kappa shape index (κ2) is 7.97. The highest BCUT2D eigenvalue weighted by Crippen LogP contribution is 2.19. The van der Waals surface area contributed by atoms with Gasteiger partial charge < -0.3 is 0 Å². The standard InChI is InChI=1S/C22H13BrFIN2O/c23-15-4-9-18(10-5-15)27-21(12-3-14-1-6-16(24)7-2-14)26-20-11-8-17(25)13-19(20)22(27)28/h1-13H/b12-3+. The fourth-order valence-electron chi connectivity index (χ4n) is 2.87. The summed E-state index contributed by atoms with van der Waals surface area (Å²) in [6.07, 6.45) is 3.59. The van der Waals surface area contributed by atoms with Gasteiger partial charge in [0.1, 0.15) is 11.6 Å². The first-order valence-corrected chi connectivity index (χ1v) is 10.3. The van der Waals surface area contributed by atoms with Gasteiger partial charge >= 0.3 is 0 Å². The normalized spacial score (nSPS) is 11.4. The van der Waals surface area contributed by atoms with Crippen molar-refractivity contribution in [2.24, 2.45) is 0 Å². The zero-order chi connectivity index (χ0) is 19.7. The Morgan fingerprint density at radius 2 is 1.68 bits per heavy atom. The van der Waals surface area contributed by atoms with Crippen molar-refractivity contribution in [1.82, 2.24) is 9.55 Å². The number of hydrogen-bond acceptors (Lipinski definition) is 2. The fourth-order valence-corrected chi connectivity index (χ4v) is 3.63. The van der Waals surface area contributed by atoms with E-state index in [1.54, 1.807) is 22.8 Å². The van der Waals surface area contributed by atoms with Crippen LogP contribution in [0, 0.1) is 9.39 Å². The number of halogens is 3. The van der Waals surface area contributed by atoms with Crippen LogP contribution in [0.25, 0.3) is 28.7 Å². The number of nitrogens with zero attached hydrogens (tertiary/aromatic N) is 2. The Hall–Kier alpha value is -2.32. The van der Waals surface area contributed by atoms with Gasteiger partial charge in [0.15, 0.2) is 0 Å². The molecule has 6 heteroatoms. The predicted octanol–water partition coefficient (Wildman–Crippen LogP) is 6.06. The molecule has 4 rings (SSSR count). The first-order chi connectivity index (χ1) is 13.5. The van der Waals surface area contributed by atoms with Crippen LogP contribution in [0.1, 0.15) is 11.4 Å². The maximum Gasteiger partial charge on any atom is 0.266 e. The van der Waals surface area contributed by atoms with E-state index in [0.717, 1.165) is 19.3 Å². The first-order valence-electron chi connectivity index (χ1n) is 8.43. The highest BCUT2D eigenvalue weighted by Gasteiger charge is 2.11. The zero-order valence-electron chi connectivity index (χ0n) is 14.4. The summed E-state index contributed by atoms with van der Waals surface area (Å²) in [6.45, 7) is 0. The molecule has 4 aromatic rings. The molecule has 0 aliphatic heterocycles. The summed E-state index contributed by atoms with van der Waals surface area (Å²) >= 11 is 5.61. The molecule has 1 heterocycles. The van der Waals surface area contributed by atoms with Gasteiger partial charge in [-0.15, -0.1) is 0 Å². The molecule has 0 spiro atoms. The third-order valence-corrected chi connectivity index (χ3v) is 5.44. The van der Waals surface area contributed by atoms with Gasteiger partial charge in [0.25, 0.3) is 5.56 Å². The quantitative estimate of drug-likeness (QED) is 0.293. The summed E-state index contributed by atoms with van der Waals surface area (Å²) in [5.74, 6) is 0.215. The Bertz CT molecular complexity index is 1250. The van der Waals surface area contributed by atoms with Crippen molar-refractivity contribution < 1.29 is 4.39 Å². The van der Waals surface area contributed by atoms with Gasteiger partial charge in [0, 0.05) is 8.04 Å². The summed E-state index contributed by atoms with van der Waals surface area (Å²) in [4.78, 5) is 18.0. The molecule has 0 saturated heterocycles. The first kappa shape index (κ1) is 19.0. The minimum absolute atomic E-state index is 0.135. The Morgan fingerprint density at radius 3 is 2.39 bits per heavy atom. The number of rotatable bonds is 3. The fraction of sp³-hybridized carbons (Fsp3) is 0. The Kier molecular flexibility index (Phi) is 5.41. The molecule has 0 amide bonds. The summed E-state index contributed by atoms with van der Waals surface area (Å²) in [5.41, 5.74) is 2.04. The molecule has 28 heavy (non-hydrogen) atoms. The lowest BCUT2D eigenvalue weighted by Crippen LogP contribution is -2.22. The van der Waals surface area contributed by atoms with Gasteiger partial charge in [0.2, 0.25) is 0 Å². The number of fused-ring (bicyclic) bond motifs is 1. The van der Waals surface area contributed by atoms with Gasteiger partial charge in [-0.2, -0.15) is 0 Å². The molecule has 3 nitrogen and oxygen atoms in total. The van der Waals surface area contributed by atoms with Crippen LogP contribution >= 0.6 is 38.5 Å². The van der Waals surface area contributed by atoms with E-state index in [9.17, 15) is 9.18 Å². The van der Waals surface area contributed by atoms with Crippen molar-refractivity contribution in [2.75, 3.05) is 0 Å². The van der Waals surface area contributed by atoms with Gasteiger partial charge in [-0.1, -0.05) is 34.1 Å². The summed E-state index contributed by atoms with van der Waals surface area (Å²) in [6, 6.07) is 19.3. The highest BCUT2D eigenvalue weighted by atomic mass is 127. The minimum Gasteiger partial charge on any atom is -0.268 e. The van der Waals surface area contributed by atoms with Crippen LogP contribution in [0.4, 0.5) is 4.39 Å². The smallest absolute Gasteiger partial charge is 0.266 e. The van der Waals surface area contributed by atoms with Crippen LogP contribution in [0.3, 0.4) is 0 Å². The lowest BCUT2D eigenvalue weighted by Gasteiger charge is -2.12. The van der Waals surface area contributed by atoms with Crippen molar-refractivity contribution in [3.63, 3.8) is 0 Å². The van der Waals surface area contributed by atoms with E-state index in [0.29, 0.717) is 16.7 Å². The van der Waals surface area contributed by atoms with Crippen LogP contribution in [0.15, 0.2) is 76.0 Å². The molecule has 0 aliphatic carbocycles. The van der Waals surface area contributed by atoms with Crippen molar-refractivity contribution in [3.8, 4) is 5.69 Å². The molecule has 0 radical (unpaired) electrons. The minimum atomic E-state index is -0.289. The maximum absolute atomic E-state index is 13.3. The van der Waals surface area contributed by atoms with E-state index in [2.05, 4.69) is 38.5 Å². The molecule has 138 valence electrons. The molecule has 0 saturated carbocycles. The van der Waals surface area contributed by atoms with E-state index in [4.69, 9.17) is 4.98 Å². The SMILES string of the molecule is O=c1c2cc(I)ccc2nc(/C=C/c2ccc(F)cc2)n1-c1ccc(Br)cc1. The second-order valence-electron chi connectivity index (χ2n) is 6.13. The molecule has 0 aliphatic rings. The zero-order valence-corrected chi connectivity index (χ0v) is 18.2. The molecule has 0 N–H and O–H groups in total. The molecule has 3 aromatic carbocycles. The number of benzene rings is 3. The van der Waals surface area contributed by atoms with Gasteiger partial charge in [0.05, 0.1) is 16.6 Å². The predicted molar refractivity (Wildman–Crippen MR) is 123 cm³/mol. The van der Waals surface area contributed by atoms with Crippen molar-refractivity contribution in [1.29, 1.82) is 0 Å². The molecular formula is C22H13BrFIN2O. The lowest BCUT2D eigenvalue weighted by molar-refractivity contribution is 0.628. The van der Waals surface area contributed by atoms with Gasteiger partial charge in [-0.05, 0) is 88.8 Å². The Morgan fingerprint density at radius 1 is 0.964 bits per heavy atom. The summed E-state index contributed by atoms with van der Waals surface area (Å²) in [5, 5.41) is 0.564. The van der Waals surface area contributed by atoms with Crippen LogP contribution in [0.5, 0.6) is 0 Å². The Balaban J connectivity index is 1.93. The third-order valence-electron chi connectivity index (χ3n) is 4.24.